The van der Waals surface area contributed by atoms with Crippen LogP contribution in [-0.4, -0.2) is 18.5 Å². The first-order chi connectivity index (χ1) is 7.94. The van der Waals surface area contributed by atoms with Gasteiger partial charge in [0.2, 0.25) is 0 Å². The van der Waals surface area contributed by atoms with E-state index in [1.54, 1.807) is 5.56 Å². The number of nitrogens with zero attached hydrogens (tertiary/aromatic N) is 1. The van der Waals surface area contributed by atoms with Crippen LogP contribution < -0.4 is 5.73 Å². The molecule has 0 spiro atoms. The van der Waals surface area contributed by atoms with Crippen molar-refractivity contribution in [3.63, 3.8) is 0 Å². The lowest BCUT2D eigenvalue weighted by atomic mass is 9.67. The molecule has 0 saturated heterocycles. The van der Waals surface area contributed by atoms with Crippen LogP contribution in [0.15, 0.2) is 12.1 Å². The van der Waals surface area contributed by atoms with Gasteiger partial charge in [-0.15, -0.1) is 0 Å². The Balaban J connectivity index is 2.16. The molecule has 1 aromatic rings. The van der Waals surface area contributed by atoms with Gasteiger partial charge in [-0.05, 0) is 60.0 Å². The number of nitrogen functional groups attached to an aromatic ring is 1. The highest BCUT2D eigenvalue weighted by Gasteiger charge is 2.36. The van der Waals surface area contributed by atoms with Gasteiger partial charge in [-0.1, -0.05) is 13.8 Å². The van der Waals surface area contributed by atoms with Crippen molar-refractivity contribution >= 4 is 5.69 Å². The van der Waals surface area contributed by atoms with Crippen molar-refractivity contribution in [2.45, 2.75) is 39.2 Å². The molecule has 2 N–H and O–H groups in total. The zero-order chi connectivity index (χ0) is 12.2. The van der Waals surface area contributed by atoms with Crippen molar-refractivity contribution in [3.05, 3.63) is 28.8 Å². The summed E-state index contributed by atoms with van der Waals surface area (Å²) in [6.07, 6.45) is 2.49. The van der Waals surface area contributed by atoms with E-state index < -0.39 is 0 Å². The van der Waals surface area contributed by atoms with Gasteiger partial charge in [0.05, 0.1) is 0 Å². The van der Waals surface area contributed by atoms with Crippen molar-refractivity contribution < 1.29 is 0 Å². The fourth-order valence-corrected chi connectivity index (χ4v) is 3.85. The third-order valence-electron chi connectivity index (χ3n) is 4.22. The maximum absolute atomic E-state index is 6.04. The lowest BCUT2D eigenvalue weighted by Gasteiger charge is -2.43. The van der Waals surface area contributed by atoms with Crippen molar-refractivity contribution in [2.24, 2.45) is 5.41 Å². The maximum Gasteiger partial charge on any atom is 0.0320 e. The van der Waals surface area contributed by atoms with E-state index in [-0.39, 0.29) is 0 Å². The van der Waals surface area contributed by atoms with E-state index in [9.17, 15) is 0 Å². The molecule has 1 aliphatic heterocycles. The van der Waals surface area contributed by atoms with Crippen LogP contribution in [0.1, 0.15) is 42.9 Å². The van der Waals surface area contributed by atoms with Crippen LogP contribution in [0.5, 0.6) is 0 Å². The second kappa shape index (κ2) is 3.49. The van der Waals surface area contributed by atoms with Crippen LogP contribution in [-0.2, 0) is 13.0 Å². The number of nitrogens with two attached hydrogens (primary N) is 1. The first-order valence-electron chi connectivity index (χ1n) is 6.54. The van der Waals surface area contributed by atoms with E-state index in [2.05, 4.69) is 37.9 Å². The molecule has 92 valence electrons. The predicted molar refractivity (Wildman–Crippen MR) is 72.0 cm³/mol. The molecule has 2 nitrogen and oxygen atoms in total. The van der Waals surface area contributed by atoms with Crippen LogP contribution in [0.4, 0.5) is 5.69 Å². The minimum Gasteiger partial charge on any atom is -0.399 e. The molecule has 1 heterocycles. The molecule has 0 bridgehead atoms. The summed E-state index contributed by atoms with van der Waals surface area (Å²) in [6, 6.07) is 4.39. The molecule has 17 heavy (non-hydrogen) atoms. The van der Waals surface area contributed by atoms with Gasteiger partial charge in [0, 0.05) is 18.8 Å². The summed E-state index contributed by atoms with van der Waals surface area (Å²) in [5.74, 6) is 0.711. The van der Waals surface area contributed by atoms with E-state index in [1.807, 2.05) is 0 Å². The number of rotatable bonds is 0. The third kappa shape index (κ3) is 1.85. The lowest BCUT2D eigenvalue weighted by molar-refractivity contribution is 0.207. The summed E-state index contributed by atoms with van der Waals surface area (Å²) in [4.78, 5) is 2.43. The standard InChI is InChI=1S/C15H22N2/c1-15(2)6-10-4-13(16)5-11-8-17(3)9-12(7-15)14(10)11/h4-5,12H,6-9,16H2,1-3H3. The molecular formula is C15H22N2. The Bertz CT molecular complexity index is 462. The van der Waals surface area contributed by atoms with Gasteiger partial charge < -0.3 is 10.6 Å². The lowest BCUT2D eigenvalue weighted by Crippen LogP contribution is -2.37. The van der Waals surface area contributed by atoms with Gasteiger partial charge in [-0.3, -0.25) is 0 Å². The third-order valence-corrected chi connectivity index (χ3v) is 4.22. The Hall–Kier alpha value is -1.02. The molecule has 0 aromatic heterocycles. The summed E-state index contributed by atoms with van der Waals surface area (Å²) in [7, 11) is 2.22. The summed E-state index contributed by atoms with van der Waals surface area (Å²) < 4.78 is 0. The second-order valence-electron chi connectivity index (χ2n) is 6.69. The summed E-state index contributed by atoms with van der Waals surface area (Å²) >= 11 is 0. The molecule has 2 heteroatoms. The maximum atomic E-state index is 6.04. The molecule has 1 aromatic carbocycles. The minimum absolute atomic E-state index is 0.418. The largest absolute Gasteiger partial charge is 0.399 e. The Morgan fingerprint density at radius 3 is 2.76 bits per heavy atom. The predicted octanol–water partition coefficient (Wildman–Crippen LogP) is 2.77. The Labute approximate surface area is 104 Å². The molecular weight excluding hydrogens is 208 g/mol. The highest BCUT2D eigenvalue weighted by atomic mass is 15.1. The van der Waals surface area contributed by atoms with Gasteiger partial charge in [-0.2, -0.15) is 0 Å². The molecule has 0 saturated carbocycles. The van der Waals surface area contributed by atoms with Crippen LogP contribution in [0.2, 0.25) is 0 Å². The molecule has 0 amide bonds. The molecule has 1 atom stereocenters. The van der Waals surface area contributed by atoms with Crippen molar-refractivity contribution in [2.75, 3.05) is 19.3 Å². The minimum atomic E-state index is 0.418. The zero-order valence-corrected chi connectivity index (χ0v) is 11.1. The van der Waals surface area contributed by atoms with Gasteiger partial charge in [0.1, 0.15) is 0 Å². The monoisotopic (exact) mass is 230 g/mol. The van der Waals surface area contributed by atoms with Gasteiger partial charge in [0.15, 0.2) is 0 Å². The van der Waals surface area contributed by atoms with Crippen LogP contribution in [0, 0.1) is 5.41 Å². The molecule has 3 rings (SSSR count). The summed E-state index contributed by atoms with van der Waals surface area (Å²) in [5.41, 5.74) is 12.0. The fourth-order valence-electron chi connectivity index (χ4n) is 3.85. The van der Waals surface area contributed by atoms with Gasteiger partial charge >= 0.3 is 0 Å². The zero-order valence-electron chi connectivity index (χ0n) is 11.1. The highest BCUT2D eigenvalue weighted by molar-refractivity contribution is 5.53. The number of anilines is 1. The average Bonchev–Trinajstić information content (AvgIpc) is 2.12. The van der Waals surface area contributed by atoms with Crippen molar-refractivity contribution in [1.29, 1.82) is 0 Å². The molecule has 1 aliphatic carbocycles. The molecule has 0 radical (unpaired) electrons. The summed E-state index contributed by atoms with van der Waals surface area (Å²) in [6.45, 7) is 7.03. The SMILES string of the molecule is CN1Cc2cc(N)cc3c2C(C1)CC(C)(C)C3. The smallest absolute Gasteiger partial charge is 0.0320 e. The second-order valence-corrected chi connectivity index (χ2v) is 6.69. The molecule has 2 aliphatic rings. The van der Waals surface area contributed by atoms with E-state index in [1.165, 1.54) is 30.5 Å². The van der Waals surface area contributed by atoms with E-state index >= 15 is 0 Å². The fraction of sp³-hybridized carbons (Fsp3) is 0.600. The van der Waals surface area contributed by atoms with E-state index in [4.69, 9.17) is 5.73 Å². The van der Waals surface area contributed by atoms with Crippen molar-refractivity contribution in [1.82, 2.24) is 4.90 Å². The number of likely N-dealkylation sites (N-methyl/N-ethyl adjacent to an activating group) is 1. The summed E-state index contributed by atoms with van der Waals surface area (Å²) in [5, 5.41) is 0. The van der Waals surface area contributed by atoms with Crippen molar-refractivity contribution in [3.8, 4) is 0 Å². The molecule has 1 unspecified atom stereocenters. The Kier molecular flexibility index (Phi) is 2.27. The van der Waals surface area contributed by atoms with Crippen LogP contribution in [0.3, 0.4) is 0 Å². The Morgan fingerprint density at radius 2 is 2.00 bits per heavy atom. The van der Waals surface area contributed by atoms with E-state index in [0.717, 1.165) is 12.2 Å². The van der Waals surface area contributed by atoms with Gasteiger partial charge in [-0.25, -0.2) is 0 Å². The first kappa shape index (κ1) is 11.1. The van der Waals surface area contributed by atoms with Crippen LogP contribution >= 0.6 is 0 Å². The first-order valence-corrected chi connectivity index (χ1v) is 6.54. The molecule has 0 fully saturated rings. The number of benzene rings is 1. The van der Waals surface area contributed by atoms with Crippen LogP contribution in [0.25, 0.3) is 0 Å². The topological polar surface area (TPSA) is 29.3 Å². The Morgan fingerprint density at radius 1 is 1.29 bits per heavy atom. The van der Waals surface area contributed by atoms with Gasteiger partial charge in [0.25, 0.3) is 0 Å². The number of hydrogen-bond donors (Lipinski definition) is 1. The van der Waals surface area contributed by atoms with E-state index in [0.29, 0.717) is 11.3 Å². The quantitative estimate of drug-likeness (QED) is 0.694. The highest BCUT2D eigenvalue weighted by Crippen LogP contribution is 2.46. The normalized spacial score (nSPS) is 26.6. The number of hydrogen-bond acceptors (Lipinski definition) is 2. The average molecular weight is 230 g/mol.